The fourth-order valence-corrected chi connectivity index (χ4v) is 3.00. The van der Waals surface area contributed by atoms with Gasteiger partial charge in [0.2, 0.25) is 5.91 Å². The zero-order valence-electron chi connectivity index (χ0n) is 13.8. The van der Waals surface area contributed by atoms with E-state index in [2.05, 4.69) is 11.1 Å². The quantitative estimate of drug-likeness (QED) is 0.852. The van der Waals surface area contributed by atoms with Crippen LogP contribution in [-0.4, -0.2) is 29.9 Å². The third kappa shape index (κ3) is 3.52. The Morgan fingerprint density at radius 3 is 2.83 bits per heavy atom. The predicted octanol–water partition coefficient (Wildman–Crippen LogP) is 3.16. The summed E-state index contributed by atoms with van der Waals surface area (Å²) in [5.41, 5.74) is 3.09. The summed E-state index contributed by atoms with van der Waals surface area (Å²) in [6, 6.07) is 13.9. The van der Waals surface area contributed by atoms with Crippen LogP contribution in [0.25, 0.3) is 0 Å². The maximum atomic E-state index is 12.6. The van der Waals surface area contributed by atoms with Crippen LogP contribution in [0.5, 0.6) is 5.75 Å². The maximum absolute atomic E-state index is 12.6. The summed E-state index contributed by atoms with van der Waals surface area (Å²) in [7, 11) is 3.52. The van der Waals surface area contributed by atoms with Crippen LogP contribution < -0.4 is 4.74 Å². The first-order chi connectivity index (χ1) is 11.1. The number of pyridine rings is 1. The van der Waals surface area contributed by atoms with Crippen molar-refractivity contribution in [2.75, 3.05) is 14.2 Å². The van der Waals surface area contributed by atoms with Crippen molar-refractivity contribution >= 4 is 5.91 Å². The molecule has 3 rings (SSSR count). The summed E-state index contributed by atoms with van der Waals surface area (Å²) < 4.78 is 5.26. The standard InChI is InChI=1S/C19H22N2O2/c1-13-6-4-8-15(20-13)12-21(2)19(22)18-11-17(18)14-7-5-9-16(10-14)23-3/h4-10,17-18H,11-12H2,1-3H3/t17-,18+/m1/s1. The lowest BCUT2D eigenvalue weighted by Gasteiger charge is -2.17. The van der Waals surface area contributed by atoms with Gasteiger partial charge in [-0.1, -0.05) is 18.2 Å². The van der Waals surface area contributed by atoms with Crippen LogP contribution in [0.4, 0.5) is 0 Å². The molecule has 2 aromatic rings. The van der Waals surface area contributed by atoms with Gasteiger partial charge < -0.3 is 9.64 Å². The fraction of sp³-hybridized carbons (Fsp3) is 0.368. The highest BCUT2D eigenvalue weighted by Crippen LogP contribution is 2.49. The molecule has 1 heterocycles. The van der Waals surface area contributed by atoms with Crippen LogP contribution in [0, 0.1) is 12.8 Å². The van der Waals surface area contributed by atoms with Crippen LogP contribution in [0.15, 0.2) is 42.5 Å². The van der Waals surface area contributed by atoms with Gasteiger partial charge in [-0.2, -0.15) is 0 Å². The van der Waals surface area contributed by atoms with Crippen LogP contribution in [-0.2, 0) is 11.3 Å². The molecule has 0 radical (unpaired) electrons. The number of carbonyl (C=O) groups is 1. The Kier molecular flexibility index (Phi) is 4.33. The third-order valence-corrected chi connectivity index (χ3v) is 4.35. The molecule has 1 aromatic heterocycles. The number of nitrogens with zero attached hydrogens (tertiary/aromatic N) is 2. The van der Waals surface area contributed by atoms with Crippen molar-refractivity contribution < 1.29 is 9.53 Å². The van der Waals surface area contributed by atoms with Crippen LogP contribution in [0.2, 0.25) is 0 Å². The van der Waals surface area contributed by atoms with Gasteiger partial charge in [-0.25, -0.2) is 0 Å². The van der Waals surface area contributed by atoms with Gasteiger partial charge in [0.15, 0.2) is 0 Å². The molecule has 2 atom stereocenters. The first kappa shape index (κ1) is 15.5. The van der Waals surface area contributed by atoms with E-state index in [1.54, 1.807) is 12.0 Å². The smallest absolute Gasteiger partial charge is 0.226 e. The van der Waals surface area contributed by atoms with E-state index in [1.165, 1.54) is 5.56 Å². The number of aryl methyl sites for hydroxylation is 1. The molecule has 120 valence electrons. The first-order valence-corrected chi connectivity index (χ1v) is 7.90. The lowest BCUT2D eigenvalue weighted by Crippen LogP contribution is -2.28. The Morgan fingerprint density at radius 2 is 2.09 bits per heavy atom. The minimum absolute atomic E-state index is 0.0805. The number of ether oxygens (including phenoxy) is 1. The van der Waals surface area contributed by atoms with Crippen molar-refractivity contribution in [1.82, 2.24) is 9.88 Å². The van der Waals surface area contributed by atoms with Crippen molar-refractivity contribution in [3.8, 4) is 5.75 Å². The number of aromatic nitrogens is 1. The fourth-order valence-electron chi connectivity index (χ4n) is 3.00. The normalized spacial score (nSPS) is 19.3. The molecule has 0 saturated heterocycles. The molecule has 0 bridgehead atoms. The largest absolute Gasteiger partial charge is 0.497 e. The number of benzene rings is 1. The van der Waals surface area contributed by atoms with Gasteiger partial charge in [-0.3, -0.25) is 9.78 Å². The topological polar surface area (TPSA) is 42.4 Å². The van der Waals surface area contributed by atoms with Crippen molar-refractivity contribution in [1.29, 1.82) is 0 Å². The van der Waals surface area contributed by atoms with Gasteiger partial charge in [0, 0.05) is 18.7 Å². The molecule has 0 unspecified atom stereocenters. The second-order valence-electron chi connectivity index (χ2n) is 6.19. The van der Waals surface area contributed by atoms with Crippen molar-refractivity contribution in [3.63, 3.8) is 0 Å². The van der Waals surface area contributed by atoms with Crippen LogP contribution >= 0.6 is 0 Å². The summed E-state index contributed by atoms with van der Waals surface area (Å²) in [5, 5.41) is 0. The lowest BCUT2D eigenvalue weighted by molar-refractivity contribution is -0.131. The molecule has 0 N–H and O–H groups in total. The highest BCUT2D eigenvalue weighted by Gasteiger charge is 2.45. The van der Waals surface area contributed by atoms with E-state index >= 15 is 0 Å². The van der Waals surface area contributed by atoms with Crippen molar-refractivity contribution in [3.05, 3.63) is 59.4 Å². The molecular weight excluding hydrogens is 288 g/mol. The van der Waals surface area contributed by atoms with E-state index in [1.807, 2.05) is 50.4 Å². The molecule has 1 aliphatic rings. The van der Waals surface area contributed by atoms with Gasteiger partial charge >= 0.3 is 0 Å². The first-order valence-electron chi connectivity index (χ1n) is 7.90. The monoisotopic (exact) mass is 310 g/mol. The molecule has 4 nitrogen and oxygen atoms in total. The number of amides is 1. The van der Waals surface area contributed by atoms with Gasteiger partial charge in [-0.05, 0) is 49.1 Å². The average molecular weight is 310 g/mol. The molecule has 4 heteroatoms. The van der Waals surface area contributed by atoms with E-state index in [0.29, 0.717) is 12.5 Å². The molecule has 0 aliphatic heterocycles. The minimum Gasteiger partial charge on any atom is -0.497 e. The van der Waals surface area contributed by atoms with Gasteiger partial charge in [-0.15, -0.1) is 0 Å². The Hall–Kier alpha value is -2.36. The summed E-state index contributed by atoms with van der Waals surface area (Å²) in [4.78, 5) is 18.8. The SMILES string of the molecule is COc1cccc([C@H]2C[C@@H]2C(=O)N(C)Cc2cccc(C)n2)c1. The third-order valence-electron chi connectivity index (χ3n) is 4.35. The molecule has 23 heavy (non-hydrogen) atoms. The molecule has 1 amide bonds. The average Bonchev–Trinajstić information content (AvgIpc) is 3.35. The zero-order valence-corrected chi connectivity index (χ0v) is 13.8. The van der Waals surface area contributed by atoms with E-state index in [9.17, 15) is 4.79 Å². The Morgan fingerprint density at radius 1 is 1.30 bits per heavy atom. The Bertz CT molecular complexity index is 714. The number of rotatable bonds is 5. The van der Waals surface area contributed by atoms with E-state index in [0.717, 1.165) is 23.6 Å². The number of carbonyl (C=O) groups excluding carboxylic acids is 1. The molecular formula is C19H22N2O2. The van der Waals surface area contributed by atoms with Crippen LogP contribution in [0.3, 0.4) is 0 Å². The Labute approximate surface area is 137 Å². The molecule has 1 aromatic carbocycles. The lowest BCUT2D eigenvalue weighted by atomic mass is 10.1. The van der Waals surface area contributed by atoms with Gasteiger partial charge in [0.25, 0.3) is 0 Å². The van der Waals surface area contributed by atoms with E-state index < -0.39 is 0 Å². The van der Waals surface area contributed by atoms with Gasteiger partial charge in [0.05, 0.1) is 19.3 Å². The molecule has 0 spiro atoms. The highest BCUT2D eigenvalue weighted by atomic mass is 16.5. The second-order valence-corrected chi connectivity index (χ2v) is 6.19. The van der Waals surface area contributed by atoms with Gasteiger partial charge in [0.1, 0.15) is 5.75 Å². The minimum atomic E-state index is 0.0805. The summed E-state index contributed by atoms with van der Waals surface area (Å²) >= 11 is 0. The molecule has 1 saturated carbocycles. The maximum Gasteiger partial charge on any atom is 0.226 e. The zero-order chi connectivity index (χ0) is 16.4. The number of methoxy groups -OCH3 is 1. The summed E-state index contributed by atoms with van der Waals surface area (Å²) in [5.74, 6) is 1.43. The van der Waals surface area contributed by atoms with Crippen LogP contribution in [0.1, 0.15) is 29.3 Å². The van der Waals surface area contributed by atoms with E-state index in [-0.39, 0.29) is 11.8 Å². The molecule has 1 aliphatic carbocycles. The van der Waals surface area contributed by atoms with Crippen molar-refractivity contribution in [2.45, 2.75) is 25.8 Å². The highest BCUT2D eigenvalue weighted by molar-refractivity contribution is 5.82. The number of hydrogen-bond acceptors (Lipinski definition) is 3. The Balaban J connectivity index is 1.63. The van der Waals surface area contributed by atoms with Crippen molar-refractivity contribution in [2.24, 2.45) is 5.92 Å². The predicted molar refractivity (Wildman–Crippen MR) is 89.3 cm³/mol. The number of hydrogen-bond donors (Lipinski definition) is 0. The summed E-state index contributed by atoms with van der Waals surface area (Å²) in [6.45, 7) is 2.52. The summed E-state index contributed by atoms with van der Waals surface area (Å²) in [6.07, 6.45) is 0.914. The second kappa shape index (κ2) is 6.41. The van der Waals surface area contributed by atoms with E-state index in [4.69, 9.17) is 4.74 Å². The molecule has 1 fully saturated rings.